The van der Waals surface area contributed by atoms with E-state index in [4.69, 9.17) is 5.11 Å². The van der Waals surface area contributed by atoms with E-state index in [9.17, 15) is 14.0 Å². The Morgan fingerprint density at radius 3 is 2.82 bits per heavy atom. The van der Waals surface area contributed by atoms with Crippen LogP contribution in [0, 0.1) is 11.7 Å². The number of rotatable bonds is 3. The molecule has 1 saturated heterocycles. The minimum atomic E-state index is -0.888. The quantitative estimate of drug-likeness (QED) is 0.933. The minimum absolute atomic E-state index is 0.195. The molecule has 0 aliphatic carbocycles. The van der Waals surface area contributed by atoms with E-state index in [1.165, 1.54) is 21.7 Å². The number of nitrogens with zero attached hydrogens (tertiary/aromatic N) is 3. The van der Waals surface area contributed by atoms with Crippen molar-refractivity contribution < 1.29 is 19.1 Å². The van der Waals surface area contributed by atoms with Crippen molar-refractivity contribution in [3.63, 3.8) is 0 Å². The first-order valence-electron chi connectivity index (χ1n) is 6.88. The predicted molar refractivity (Wildman–Crippen MR) is 75.2 cm³/mol. The minimum Gasteiger partial charge on any atom is -0.481 e. The van der Waals surface area contributed by atoms with Crippen molar-refractivity contribution in [1.29, 1.82) is 0 Å². The number of halogens is 1. The third kappa shape index (κ3) is 2.69. The van der Waals surface area contributed by atoms with Crippen LogP contribution in [0.5, 0.6) is 0 Å². The molecule has 3 rings (SSSR count). The van der Waals surface area contributed by atoms with Gasteiger partial charge in [-0.05, 0) is 30.7 Å². The summed E-state index contributed by atoms with van der Waals surface area (Å²) in [6.45, 7) is 0.601. The van der Waals surface area contributed by atoms with E-state index >= 15 is 0 Å². The van der Waals surface area contributed by atoms with Gasteiger partial charge >= 0.3 is 5.97 Å². The summed E-state index contributed by atoms with van der Waals surface area (Å²) in [7, 11) is 0. The monoisotopic (exact) mass is 303 g/mol. The summed E-state index contributed by atoms with van der Waals surface area (Å²) < 4.78 is 14.6. The van der Waals surface area contributed by atoms with E-state index in [1.54, 1.807) is 24.4 Å². The van der Waals surface area contributed by atoms with Gasteiger partial charge in [0.05, 0.1) is 11.6 Å². The third-order valence-electron chi connectivity index (χ3n) is 3.71. The van der Waals surface area contributed by atoms with Gasteiger partial charge in [-0.15, -0.1) is 0 Å². The predicted octanol–water partition coefficient (Wildman–Crippen LogP) is 1.56. The molecule has 1 aliphatic heterocycles. The molecular formula is C15H14FN3O3. The Morgan fingerprint density at radius 2 is 2.14 bits per heavy atom. The summed E-state index contributed by atoms with van der Waals surface area (Å²) in [4.78, 5) is 24.7. The first-order valence-corrected chi connectivity index (χ1v) is 6.88. The molecular weight excluding hydrogens is 289 g/mol. The number of aliphatic carboxylic acids is 1. The maximum atomic E-state index is 13.2. The molecule has 1 aliphatic rings. The molecule has 0 bridgehead atoms. The smallest absolute Gasteiger partial charge is 0.308 e. The Hall–Kier alpha value is -2.70. The number of benzene rings is 1. The van der Waals surface area contributed by atoms with Crippen molar-refractivity contribution in [3.8, 4) is 5.69 Å². The number of amides is 1. The number of hydrogen-bond donors (Lipinski definition) is 1. The summed E-state index contributed by atoms with van der Waals surface area (Å²) in [6.07, 6.45) is 2.03. The van der Waals surface area contributed by atoms with Gasteiger partial charge in [0, 0.05) is 19.3 Å². The van der Waals surface area contributed by atoms with Crippen molar-refractivity contribution in [3.05, 3.63) is 48.0 Å². The Bertz CT molecular complexity index is 728. The molecule has 1 amide bonds. The van der Waals surface area contributed by atoms with E-state index in [2.05, 4.69) is 5.10 Å². The number of carboxylic acid groups (broad SMARTS) is 1. The molecule has 1 N–H and O–H groups in total. The summed E-state index contributed by atoms with van der Waals surface area (Å²) in [5, 5.41) is 13.1. The van der Waals surface area contributed by atoms with Crippen molar-refractivity contribution in [2.75, 3.05) is 13.1 Å². The van der Waals surface area contributed by atoms with Gasteiger partial charge in [-0.1, -0.05) is 6.07 Å². The Labute approximate surface area is 125 Å². The van der Waals surface area contributed by atoms with Gasteiger partial charge in [0.15, 0.2) is 5.69 Å². The standard InChI is InChI=1S/C15H14FN3O3/c16-11-2-1-3-12(8-11)19-7-5-13(17-19)14(20)18-6-4-10(9-18)15(21)22/h1-3,5,7-8,10H,4,6,9H2,(H,21,22). The lowest BCUT2D eigenvalue weighted by Crippen LogP contribution is -2.30. The first-order chi connectivity index (χ1) is 10.5. The van der Waals surface area contributed by atoms with Crippen molar-refractivity contribution in [2.45, 2.75) is 6.42 Å². The van der Waals surface area contributed by atoms with Crippen LogP contribution in [0.2, 0.25) is 0 Å². The van der Waals surface area contributed by atoms with E-state index in [1.807, 2.05) is 0 Å². The number of carbonyl (C=O) groups excluding carboxylic acids is 1. The lowest BCUT2D eigenvalue weighted by molar-refractivity contribution is -0.141. The van der Waals surface area contributed by atoms with Crippen LogP contribution in [0.15, 0.2) is 36.5 Å². The topological polar surface area (TPSA) is 75.4 Å². The Balaban J connectivity index is 1.77. The highest BCUT2D eigenvalue weighted by Crippen LogP contribution is 2.19. The van der Waals surface area contributed by atoms with Gasteiger partial charge in [-0.2, -0.15) is 5.10 Å². The van der Waals surface area contributed by atoms with Crippen LogP contribution < -0.4 is 0 Å². The highest BCUT2D eigenvalue weighted by atomic mass is 19.1. The van der Waals surface area contributed by atoms with Crippen LogP contribution in [0.1, 0.15) is 16.9 Å². The summed E-state index contributed by atoms with van der Waals surface area (Å²) >= 11 is 0. The van der Waals surface area contributed by atoms with Crippen LogP contribution in [0.3, 0.4) is 0 Å². The molecule has 2 aromatic rings. The molecule has 1 unspecified atom stereocenters. The third-order valence-corrected chi connectivity index (χ3v) is 3.71. The number of aromatic nitrogens is 2. The van der Waals surface area contributed by atoms with Crippen molar-refractivity contribution in [1.82, 2.24) is 14.7 Å². The molecule has 2 heterocycles. The SMILES string of the molecule is O=C(O)C1CCN(C(=O)c2ccn(-c3cccc(F)c3)n2)C1. The van der Waals surface area contributed by atoms with Crippen LogP contribution >= 0.6 is 0 Å². The lowest BCUT2D eigenvalue weighted by atomic mass is 10.1. The fourth-order valence-electron chi connectivity index (χ4n) is 2.51. The molecule has 1 aromatic heterocycles. The zero-order valence-electron chi connectivity index (χ0n) is 11.6. The van der Waals surface area contributed by atoms with Crippen molar-refractivity contribution in [2.24, 2.45) is 5.92 Å². The number of likely N-dealkylation sites (tertiary alicyclic amines) is 1. The molecule has 114 valence electrons. The van der Waals surface area contributed by atoms with Crippen LogP contribution in [0.4, 0.5) is 4.39 Å². The van der Waals surface area contributed by atoms with Gasteiger partial charge in [0.1, 0.15) is 5.82 Å². The molecule has 6 nitrogen and oxygen atoms in total. The van der Waals surface area contributed by atoms with E-state index in [0.29, 0.717) is 18.7 Å². The fraction of sp³-hybridized carbons (Fsp3) is 0.267. The average molecular weight is 303 g/mol. The summed E-state index contributed by atoms with van der Waals surface area (Å²) in [5.41, 5.74) is 0.735. The molecule has 1 atom stereocenters. The zero-order chi connectivity index (χ0) is 15.7. The average Bonchev–Trinajstić information content (AvgIpc) is 3.16. The second kappa shape index (κ2) is 5.59. The second-order valence-electron chi connectivity index (χ2n) is 5.20. The second-order valence-corrected chi connectivity index (χ2v) is 5.20. The number of carbonyl (C=O) groups is 2. The van der Waals surface area contributed by atoms with Gasteiger partial charge in [0.25, 0.3) is 5.91 Å². The lowest BCUT2D eigenvalue weighted by Gasteiger charge is -2.13. The van der Waals surface area contributed by atoms with Gasteiger partial charge in [0.2, 0.25) is 0 Å². The van der Waals surface area contributed by atoms with Gasteiger partial charge < -0.3 is 10.0 Å². The molecule has 0 radical (unpaired) electrons. The van der Waals surface area contributed by atoms with E-state index in [0.717, 1.165) is 0 Å². The maximum Gasteiger partial charge on any atom is 0.308 e. The van der Waals surface area contributed by atoms with Crippen LogP contribution in [0.25, 0.3) is 5.69 Å². The maximum absolute atomic E-state index is 13.2. The van der Waals surface area contributed by atoms with Gasteiger partial charge in [-0.25, -0.2) is 9.07 Å². The molecule has 0 spiro atoms. The van der Waals surface area contributed by atoms with Crippen LogP contribution in [-0.4, -0.2) is 44.8 Å². The molecule has 1 aromatic carbocycles. The Kier molecular flexibility index (Phi) is 3.62. The van der Waals surface area contributed by atoms with Crippen LogP contribution in [-0.2, 0) is 4.79 Å². The highest BCUT2D eigenvalue weighted by molar-refractivity contribution is 5.93. The summed E-state index contributed by atoms with van der Waals surface area (Å²) in [5.74, 6) is -2.10. The normalized spacial score (nSPS) is 17.7. The number of carboxylic acids is 1. The summed E-state index contributed by atoms with van der Waals surface area (Å²) in [6, 6.07) is 7.43. The Morgan fingerprint density at radius 1 is 1.32 bits per heavy atom. The van der Waals surface area contributed by atoms with Gasteiger partial charge in [-0.3, -0.25) is 9.59 Å². The van der Waals surface area contributed by atoms with Crippen molar-refractivity contribution >= 4 is 11.9 Å². The van der Waals surface area contributed by atoms with E-state index < -0.39 is 11.9 Å². The highest BCUT2D eigenvalue weighted by Gasteiger charge is 2.32. The zero-order valence-corrected chi connectivity index (χ0v) is 11.6. The fourth-order valence-corrected chi connectivity index (χ4v) is 2.51. The molecule has 1 fully saturated rings. The molecule has 0 saturated carbocycles. The number of hydrogen-bond acceptors (Lipinski definition) is 3. The molecule has 7 heteroatoms. The van der Waals surface area contributed by atoms with E-state index in [-0.39, 0.29) is 24.0 Å². The first kappa shape index (κ1) is 14.2. The molecule has 22 heavy (non-hydrogen) atoms. The largest absolute Gasteiger partial charge is 0.481 e.